The Morgan fingerprint density at radius 2 is 1.93 bits per heavy atom. The lowest BCUT2D eigenvalue weighted by molar-refractivity contribution is 0.0593. The van der Waals surface area contributed by atoms with E-state index in [9.17, 15) is 9.59 Å². The third-order valence-electron chi connectivity index (χ3n) is 5.18. The standard InChI is InChI=1S/C22H23N3O3/c1-15-5-3-7-18(13-15)28-17-8-11-24(12-9-17)21(26)19-14-23-20-16(2)6-4-10-25(20)22(19)27/h3-7,10,13-14,17H,8-9,11-12H2,1-2H3. The van der Waals surface area contributed by atoms with Gasteiger partial charge < -0.3 is 9.64 Å². The Hall–Kier alpha value is -3.15. The molecule has 0 unspecified atom stereocenters. The molecule has 6 nitrogen and oxygen atoms in total. The number of benzene rings is 1. The largest absolute Gasteiger partial charge is 0.490 e. The number of carbonyl (C=O) groups excluding carboxylic acids is 1. The van der Waals surface area contributed by atoms with Gasteiger partial charge in [0.1, 0.15) is 23.1 Å². The van der Waals surface area contributed by atoms with Crippen molar-refractivity contribution in [3.63, 3.8) is 0 Å². The zero-order chi connectivity index (χ0) is 19.7. The number of piperidine rings is 1. The summed E-state index contributed by atoms with van der Waals surface area (Å²) in [5.74, 6) is 0.597. The second-order valence-electron chi connectivity index (χ2n) is 7.29. The van der Waals surface area contributed by atoms with Crippen LogP contribution >= 0.6 is 0 Å². The second kappa shape index (κ2) is 7.46. The Morgan fingerprint density at radius 3 is 2.68 bits per heavy atom. The fourth-order valence-corrected chi connectivity index (χ4v) is 3.62. The van der Waals surface area contributed by atoms with E-state index in [2.05, 4.69) is 4.98 Å². The summed E-state index contributed by atoms with van der Waals surface area (Å²) in [5, 5.41) is 0. The van der Waals surface area contributed by atoms with E-state index < -0.39 is 0 Å². The fraction of sp³-hybridized carbons (Fsp3) is 0.318. The number of pyridine rings is 1. The van der Waals surface area contributed by atoms with Crippen LogP contribution in [0.2, 0.25) is 0 Å². The van der Waals surface area contributed by atoms with Crippen molar-refractivity contribution < 1.29 is 9.53 Å². The number of carbonyl (C=O) groups is 1. The molecule has 0 radical (unpaired) electrons. The molecule has 1 aromatic carbocycles. The second-order valence-corrected chi connectivity index (χ2v) is 7.29. The minimum atomic E-state index is -0.322. The van der Waals surface area contributed by atoms with Crippen molar-refractivity contribution in [3.05, 3.63) is 75.8 Å². The summed E-state index contributed by atoms with van der Waals surface area (Å²) in [6.07, 6.45) is 4.60. The third kappa shape index (κ3) is 3.50. The van der Waals surface area contributed by atoms with Gasteiger partial charge in [0.05, 0.1) is 0 Å². The van der Waals surface area contributed by atoms with E-state index in [4.69, 9.17) is 4.74 Å². The molecule has 1 aliphatic rings. The van der Waals surface area contributed by atoms with Gasteiger partial charge in [0, 0.05) is 38.3 Å². The van der Waals surface area contributed by atoms with E-state index in [0.717, 1.165) is 29.7 Å². The van der Waals surface area contributed by atoms with Crippen LogP contribution in [0.1, 0.15) is 34.3 Å². The zero-order valence-corrected chi connectivity index (χ0v) is 16.1. The van der Waals surface area contributed by atoms with Gasteiger partial charge in [0.15, 0.2) is 0 Å². The van der Waals surface area contributed by atoms with Crippen molar-refractivity contribution in [3.8, 4) is 5.75 Å². The smallest absolute Gasteiger partial charge is 0.270 e. The molecule has 0 spiro atoms. The number of likely N-dealkylation sites (tertiary alicyclic amines) is 1. The number of nitrogens with zero attached hydrogens (tertiary/aromatic N) is 3. The van der Waals surface area contributed by atoms with Gasteiger partial charge in [-0.3, -0.25) is 14.0 Å². The van der Waals surface area contributed by atoms with E-state index in [0.29, 0.717) is 18.7 Å². The lowest BCUT2D eigenvalue weighted by atomic mass is 10.1. The summed E-state index contributed by atoms with van der Waals surface area (Å²) >= 11 is 0. The molecule has 0 atom stereocenters. The lowest BCUT2D eigenvalue weighted by Gasteiger charge is -2.32. The molecule has 144 valence electrons. The van der Waals surface area contributed by atoms with Crippen molar-refractivity contribution >= 4 is 11.6 Å². The number of aromatic nitrogens is 2. The van der Waals surface area contributed by atoms with Crippen LogP contribution in [0.4, 0.5) is 0 Å². The predicted octanol–water partition coefficient (Wildman–Crippen LogP) is 2.99. The fourth-order valence-electron chi connectivity index (χ4n) is 3.62. The number of hydrogen-bond acceptors (Lipinski definition) is 4. The third-order valence-corrected chi connectivity index (χ3v) is 5.18. The number of rotatable bonds is 3. The van der Waals surface area contributed by atoms with Crippen molar-refractivity contribution in [1.82, 2.24) is 14.3 Å². The number of amides is 1. The molecule has 6 heteroatoms. The first-order valence-electron chi connectivity index (χ1n) is 9.52. The Bertz CT molecular complexity index is 1080. The normalized spacial score (nSPS) is 15.0. The minimum Gasteiger partial charge on any atom is -0.490 e. The first-order chi connectivity index (χ1) is 13.5. The Kier molecular flexibility index (Phi) is 4.86. The highest BCUT2D eigenvalue weighted by molar-refractivity contribution is 5.93. The molecule has 1 fully saturated rings. The molecule has 4 rings (SSSR count). The van der Waals surface area contributed by atoms with Gasteiger partial charge in [-0.1, -0.05) is 18.2 Å². The quantitative estimate of drug-likeness (QED) is 0.704. The SMILES string of the molecule is Cc1cccc(OC2CCN(C(=O)c3cnc4c(C)cccn4c3=O)CC2)c1. The molecule has 0 saturated carbocycles. The van der Waals surface area contributed by atoms with Crippen LogP contribution in [-0.4, -0.2) is 39.4 Å². The maximum atomic E-state index is 12.9. The van der Waals surface area contributed by atoms with Crippen LogP contribution in [0.25, 0.3) is 5.65 Å². The lowest BCUT2D eigenvalue weighted by Crippen LogP contribution is -2.43. The van der Waals surface area contributed by atoms with E-state index in [1.165, 1.54) is 10.6 Å². The molecule has 3 heterocycles. The Morgan fingerprint density at radius 1 is 1.14 bits per heavy atom. The maximum Gasteiger partial charge on any atom is 0.270 e. The van der Waals surface area contributed by atoms with Crippen molar-refractivity contribution in [1.29, 1.82) is 0 Å². The van der Waals surface area contributed by atoms with Crippen LogP contribution < -0.4 is 10.3 Å². The summed E-state index contributed by atoms with van der Waals surface area (Å²) < 4.78 is 7.49. The zero-order valence-electron chi connectivity index (χ0n) is 16.1. The molecular formula is C22H23N3O3. The van der Waals surface area contributed by atoms with Gasteiger partial charge in [-0.2, -0.15) is 0 Å². The van der Waals surface area contributed by atoms with Crippen LogP contribution in [0.5, 0.6) is 5.75 Å². The van der Waals surface area contributed by atoms with Crippen LogP contribution in [0, 0.1) is 13.8 Å². The van der Waals surface area contributed by atoms with E-state index in [-0.39, 0.29) is 23.1 Å². The average molecular weight is 377 g/mol. The van der Waals surface area contributed by atoms with Crippen LogP contribution in [0.15, 0.2) is 53.6 Å². The predicted molar refractivity (Wildman–Crippen MR) is 107 cm³/mol. The van der Waals surface area contributed by atoms with E-state index in [1.807, 2.05) is 44.2 Å². The van der Waals surface area contributed by atoms with E-state index in [1.54, 1.807) is 17.2 Å². The molecule has 2 aromatic heterocycles. The summed E-state index contributed by atoms with van der Waals surface area (Å²) in [5.41, 5.74) is 2.42. The Balaban J connectivity index is 1.46. The molecule has 0 N–H and O–H groups in total. The molecule has 1 amide bonds. The average Bonchev–Trinajstić information content (AvgIpc) is 2.69. The first-order valence-corrected chi connectivity index (χ1v) is 9.52. The molecule has 0 aliphatic carbocycles. The molecular weight excluding hydrogens is 354 g/mol. The van der Waals surface area contributed by atoms with Gasteiger partial charge in [-0.15, -0.1) is 0 Å². The number of aryl methyl sites for hydroxylation is 2. The molecule has 28 heavy (non-hydrogen) atoms. The number of hydrogen-bond donors (Lipinski definition) is 0. The summed E-state index contributed by atoms with van der Waals surface area (Å²) in [6.45, 7) is 5.05. The highest BCUT2D eigenvalue weighted by atomic mass is 16.5. The molecule has 1 saturated heterocycles. The van der Waals surface area contributed by atoms with Crippen molar-refractivity contribution in [2.75, 3.05) is 13.1 Å². The summed E-state index contributed by atoms with van der Waals surface area (Å²) in [7, 11) is 0. The van der Waals surface area contributed by atoms with Gasteiger partial charge >= 0.3 is 0 Å². The highest BCUT2D eigenvalue weighted by Crippen LogP contribution is 2.20. The van der Waals surface area contributed by atoms with Gasteiger partial charge in [0.25, 0.3) is 11.5 Å². The van der Waals surface area contributed by atoms with Crippen LogP contribution in [-0.2, 0) is 0 Å². The van der Waals surface area contributed by atoms with Crippen LogP contribution in [0.3, 0.4) is 0 Å². The monoisotopic (exact) mass is 377 g/mol. The maximum absolute atomic E-state index is 12.9. The van der Waals surface area contributed by atoms with Gasteiger partial charge in [-0.05, 0) is 43.2 Å². The minimum absolute atomic E-state index is 0.0734. The van der Waals surface area contributed by atoms with Crippen molar-refractivity contribution in [2.45, 2.75) is 32.8 Å². The molecule has 1 aliphatic heterocycles. The number of fused-ring (bicyclic) bond motifs is 1. The summed E-state index contributed by atoms with van der Waals surface area (Å²) in [6, 6.07) is 11.7. The van der Waals surface area contributed by atoms with Gasteiger partial charge in [0.2, 0.25) is 0 Å². The van der Waals surface area contributed by atoms with Gasteiger partial charge in [-0.25, -0.2) is 4.98 Å². The molecule has 3 aromatic rings. The Labute approximate surface area is 163 Å². The molecule has 0 bridgehead atoms. The highest BCUT2D eigenvalue weighted by Gasteiger charge is 2.26. The number of ether oxygens (including phenoxy) is 1. The first kappa shape index (κ1) is 18.2. The van der Waals surface area contributed by atoms with E-state index >= 15 is 0 Å². The summed E-state index contributed by atoms with van der Waals surface area (Å²) in [4.78, 5) is 31.7. The van der Waals surface area contributed by atoms with Crippen molar-refractivity contribution in [2.24, 2.45) is 0 Å². The topological polar surface area (TPSA) is 63.9 Å².